The largest absolute Gasteiger partial charge is 0.404 e. The summed E-state index contributed by atoms with van der Waals surface area (Å²) in [5, 5.41) is 2.73. The minimum absolute atomic E-state index is 0.00863. The molecule has 45 heavy (non-hydrogen) atoms. The van der Waals surface area contributed by atoms with Crippen molar-refractivity contribution in [2.45, 2.75) is 36.8 Å². The highest BCUT2D eigenvalue weighted by atomic mass is 79.9. The maximum Gasteiger partial charge on any atom is 0.404 e. The van der Waals surface area contributed by atoms with E-state index in [9.17, 15) is 14.4 Å². The Balaban J connectivity index is 1.48. The molecule has 2 saturated heterocycles. The Morgan fingerprint density at radius 1 is 0.800 bits per heavy atom. The predicted molar refractivity (Wildman–Crippen MR) is 165 cm³/mol. The summed E-state index contributed by atoms with van der Waals surface area (Å²) in [7, 11) is 0. The third-order valence-corrected chi connectivity index (χ3v) is 9.85. The minimum Gasteiger partial charge on any atom is -0.331 e. The van der Waals surface area contributed by atoms with Gasteiger partial charge in [-0.1, -0.05) is 107 Å². The van der Waals surface area contributed by atoms with Crippen LogP contribution in [0.1, 0.15) is 28.2 Å². The van der Waals surface area contributed by atoms with Gasteiger partial charge in [0.25, 0.3) is 11.8 Å². The van der Waals surface area contributed by atoms with Crippen molar-refractivity contribution in [3.05, 3.63) is 136 Å². The quantitative estimate of drug-likeness (QED) is 0.260. The molecular formula is C35H27BrF3N3O3. The normalized spacial score (nSPS) is 26.0. The Morgan fingerprint density at radius 2 is 1.42 bits per heavy atom. The molecule has 0 aromatic heterocycles. The number of anilines is 1. The maximum absolute atomic E-state index is 15.3. The van der Waals surface area contributed by atoms with Crippen LogP contribution in [0.5, 0.6) is 0 Å². The molecule has 2 spiro atoms. The lowest BCUT2D eigenvalue weighted by atomic mass is 9.59. The van der Waals surface area contributed by atoms with Gasteiger partial charge in [-0.05, 0) is 34.9 Å². The molecule has 1 N–H and O–H groups in total. The monoisotopic (exact) mass is 673 g/mol. The zero-order valence-electron chi connectivity index (χ0n) is 23.8. The average molecular weight is 675 g/mol. The molecule has 10 heteroatoms. The Labute approximate surface area is 266 Å². The molecule has 4 aromatic carbocycles. The summed E-state index contributed by atoms with van der Waals surface area (Å²) in [6.45, 7) is -0.297. The minimum atomic E-state index is -4.87. The van der Waals surface area contributed by atoms with Gasteiger partial charge >= 0.3 is 6.18 Å². The molecule has 2 fully saturated rings. The number of rotatable bonds is 5. The second-order valence-electron chi connectivity index (χ2n) is 11.8. The van der Waals surface area contributed by atoms with Gasteiger partial charge in [-0.2, -0.15) is 13.2 Å². The lowest BCUT2D eigenvalue weighted by Crippen LogP contribution is -2.60. The van der Waals surface area contributed by atoms with Crippen molar-refractivity contribution in [3.63, 3.8) is 0 Å². The van der Waals surface area contributed by atoms with Crippen LogP contribution in [0.2, 0.25) is 0 Å². The molecule has 4 aromatic rings. The molecule has 6 nitrogen and oxygen atoms in total. The molecule has 3 aliphatic heterocycles. The van der Waals surface area contributed by atoms with E-state index in [1.807, 2.05) is 36.4 Å². The maximum atomic E-state index is 15.3. The van der Waals surface area contributed by atoms with E-state index in [2.05, 4.69) is 21.2 Å². The number of nitrogens with zero attached hydrogens (tertiary/aromatic N) is 2. The molecular weight excluding hydrogens is 647 g/mol. The number of hydrogen-bond acceptors (Lipinski definition) is 4. The third-order valence-electron chi connectivity index (χ3n) is 9.36. The lowest BCUT2D eigenvalue weighted by Gasteiger charge is -2.40. The van der Waals surface area contributed by atoms with Crippen LogP contribution in [-0.2, 0) is 33.0 Å². The van der Waals surface area contributed by atoms with Gasteiger partial charge in [0.05, 0.1) is 12.0 Å². The number of fused-ring (bicyclic) bond motifs is 3. The van der Waals surface area contributed by atoms with Crippen molar-refractivity contribution in [2.75, 3.05) is 11.4 Å². The van der Waals surface area contributed by atoms with E-state index >= 15 is 13.2 Å². The molecule has 0 aliphatic carbocycles. The van der Waals surface area contributed by atoms with Gasteiger partial charge in [-0.15, -0.1) is 0 Å². The molecule has 7 rings (SSSR count). The van der Waals surface area contributed by atoms with Crippen LogP contribution in [0.25, 0.3) is 0 Å². The fourth-order valence-corrected chi connectivity index (χ4v) is 8.01. The number of likely N-dealkylation sites (tertiary alicyclic amines) is 1. The molecule has 3 aliphatic rings. The van der Waals surface area contributed by atoms with Crippen LogP contribution < -0.4 is 10.2 Å². The van der Waals surface area contributed by atoms with Gasteiger partial charge in [0.1, 0.15) is 11.6 Å². The SMILES string of the molecule is O=C1C(=O)[C@@]2(CN1Cc1ccccc1)[C@H](c1cccc(Br)c1)[C@@H](C(F)(F)F)N[C@]21C(=O)N(Cc2ccccc2)c2ccccc21. The number of nitrogens with one attached hydrogen (secondary N) is 1. The summed E-state index contributed by atoms with van der Waals surface area (Å²) in [6, 6.07) is 28.7. The van der Waals surface area contributed by atoms with Crippen LogP contribution in [0, 0.1) is 5.41 Å². The Morgan fingerprint density at radius 3 is 2.07 bits per heavy atom. The summed E-state index contributed by atoms with van der Waals surface area (Å²) < 4.78 is 46.3. The Hall–Kier alpha value is -4.28. The van der Waals surface area contributed by atoms with E-state index in [-0.39, 0.29) is 30.8 Å². The van der Waals surface area contributed by atoms with Crippen molar-refractivity contribution < 1.29 is 27.6 Å². The zero-order chi connectivity index (χ0) is 31.6. The van der Waals surface area contributed by atoms with E-state index in [0.29, 0.717) is 15.7 Å². The van der Waals surface area contributed by atoms with Gasteiger partial charge in [-0.3, -0.25) is 19.7 Å². The van der Waals surface area contributed by atoms with Crippen LogP contribution in [0.15, 0.2) is 114 Å². The first-order valence-corrected chi connectivity index (χ1v) is 15.3. The fraction of sp³-hybridized carbons (Fsp3) is 0.229. The molecule has 0 unspecified atom stereocenters. The molecule has 0 saturated carbocycles. The number of halogens is 4. The van der Waals surface area contributed by atoms with E-state index in [1.165, 1.54) is 21.9 Å². The van der Waals surface area contributed by atoms with Gasteiger partial charge in [0.2, 0.25) is 5.78 Å². The smallest absolute Gasteiger partial charge is 0.331 e. The highest BCUT2D eigenvalue weighted by Crippen LogP contribution is 2.65. The van der Waals surface area contributed by atoms with Gasteiger partial charge in [-0.25, -0.2) is 0 Å². The molecule has 3 heterocycles. The number of para-hydroxylation sites is 1. The van der Waals surface area contributed by atoms with Crippen LogP contribution in [-0.4, -0.2) is 41.3 Å². The van der Waals surface area contributed by atoms with Crippen molar-refractivity contribution in [2.24, 2.45) is 5.41 Å². The van der Waals surface area contributed by atoms with Crippen LogP contribution in [0.4, 0.5) is 18.9 Å². The van der Waals surface area contributed by atoms with Crippen LogP contribution in [0.3, 0.4) is 0 Å². The molecule has 2 amide bonds. The summed E-state index contributed by atoms with van der Waals surface area (Å²) in [5.41, 5.74) is -1.98. The Bertz CT molecular complexity index is 1820. The lowest BCUT2D eigenvalue weighted by molar-refractivity contribution is -0.159. The van der Waals surface area contributed by atoms with Gasteiger partial charge in [0, 0.05) is 34.7 Å². The zero-order valence-corrected chi connectivity index (χ0v) is 25.4. The number of hydrogen-bond donors (Lipinski definition) is 1. The molecule has 0 radical (unpaired) electrons. The topological polar surface area (TPSA) is 69.7 Å². The van der Waals surface area contributed by atoms with Gasteiger partial charge < -0.3 is 9.80 Å². The number of amides is 2. The summed E-state index contributed by atoms with van der Waals surface area (Å²) >= 11 is 3.38. The van der Waals surface area contributed by atoms with Crippen molar-refractivity contribution >= 4 is 39.2 Å². The molecule has 0 bridgehead atoms. The number of benzene rings is 4. The fourth-order valence-electron chi connectivity index (χ4n) is 7.60. The molecule has 4 atom stereocenters. The average Bonchev–Trinajstić information content (AvgIpc) is 3.57. The van der Waals surface area contributed by atoms with Gasteiger partial charge in [0.15, 0.2) is 0 Å². The summed E-state index contributed by atoms with van der Waals surface area (Å²) in [6.07, 6.45) is -4.87. The molecule has 228 valence electrons. The highest BCUT2D eigenvalue weighted by molar-refractivity contribution is 9.10. The Kier molecular flexibility index (Phi) is 6.98. The number of ketones is 1. The second kappa shape index (κ2) is 10.7. The summed E-state index contributed by atoms with van der Waals surface area (Å²) in [5.74, 6) is -4.20. The second-order valence-corrected chi connectivity index (χ2v) is 12.7. The van der Waals surface area contributed by atoms with Crippen molar-refractivity contribution in [3.8, 4) is 0 Å². The highest BCUT2D eigenvalue weighted by Gasteiger charge is 2.81. The first-order valence-electron chi connectivity index (χ1n) is 14.5. The number of carbonyl (C=O) groups excluding carboxylic acids is 3. The van der Waals surface area contributed by atoms with E-state index in [0.717, 1.165) is 5.56 Å². The summed E-state index contributed by atoms with van der Waals surface area (Å²) in [4.78, 5) is 46.3. The van der Waals surface area contributed by atoms with Crippen molar-refractivity contribution in [1.29, 1.82) is 0 Å². The van der Waals surface area contributed by atoms with E-state index < -0.39 is 46.7 Å². The predicted octanol–water partition coefficient (Wildman–Crippen LogP) is 6.11. The number of alkyl halides is 3. The first-order chi connectivity index (χ1) is 21.6. The standard InChI is InChI=1S/C35H27BrF3N3O3/c36-25-15-9-14-24(18-25)28-29(35(37,38)39)40-34(33(28)21-41(31(44)30(33)43)19-22-10-3-1-4-11-22)26-16-7-8-17-27(26)42(32(34)45)20-23-12-5-2-6-13-23/h1-18,28-29,40H,19-21H2/t28-,29+,33-,34-/m1/s1. The van der Waals surface area contributed by atoms with E-state index in [1.54, 1.807) is 60.7 Å². The first kappa shape index (κ1) is 29.4. The van der Waals surface area contributed by atoms with E-state index in [4.69, 9.17) is 0 Å². The van der Waals surface area contributed by atoms with Crippen molar-refractivity contribution in [1.82, 2.24) is 10.2 Å². The van der Waals surface area contributed by atoms with Crippen LogP contribution >= 0.6 is 15.9 Å². The third kappa shape index (κ3) is 4.37. The number of Topliss-reactive ketones (excluding diaryl/α,β-unsaturated/α-hetero) is 1. The number of carbonyl (C=O) groups is 3.